The number of carboxylic acid groups (broad SMARTS) is 1. The predicted molar refractivity (Wildman–Crippen MR) is 86.9 cm³/mol. The number of hydrogen-bond acceptors (Lipinski definition) is 4. The SMILES string of the molecule is CC(C)[C@H](NC(=O)Cc1ccc(S(=O)(=O)C(C)C)cc1)C(=O)O. The smallest absolute Gasteiger partial charge is 0.326 e. The lowest BCUT2D eigenvalue weighted by Gasteiger charge is -2.17. The number of rotatable bonds is 7. The minimum Gasteiger partial charge on any atom is -0.480 e. The van der Waals surface area contributed by atoms with Crippen LogP contribution in [0.2, 0.25) is 0 Å². The molecule has 1 aromatic carbocycles. The molecule has 0 radical (unpaired) electrons. The Kier molecular flexibility index (Phi) is 6.32. The van der Waals surface area contributed by atoms with E-state index in [0.29, 0.717) is 5.56 Å². The van der Waals surface area contributed by atoms with E-state index in [9.17, 15) is 18.0 Å². The molecule has 0 unspecified atom stereocenters. The zero-order chi connectivity index (χ0) is 17.8. The van der Waals surface area contributed by atoms with E-state index in [1.165, 1.54) is 12.1 Å². The number of aliphatic carboxylic acids is 1. The fraction of sp³-hybridized carbons (Fsp3) is 0.500. The number of benzene rings is 1. The molecule has 0 aliphatic rings. The quantitative estimate of drug-likeness (QED) is 0.785. The lowest BCUT2D eigenvalue weighted by molar-refractivity contribution is -0.143. The summed E-state index contributed by atoms with van der Waals surface area (Å²) >= 11 is 0. The lowest BCUT2D eigenvalue weighted by atomic mass is 10.0. The van der Waals surface area contributed by atoms with Crippen LogP contribution >= 0.6 is 0 Å². The summed E-state index contributed by atoms with van der Waals surface area (Å²) in [5.74, 6) is -1.72. The Bertz CT molecular complexity index is 662. The number of carbonyl (C=O) groups is 2. The monoisotopic (exact) mass is 341 g/mol. The fourth-order valence-electron chi connectivity index (χ4n) is 1.99. The highest BCUT2D eigenvalue weighted by atomic mass is 32.2. The van der Waals surface area contributed by atoms with Crippen LogP contribution in [0, 0.1) is 5.92 Å². The summed E-state index contributed by atoms with van der Waals surface area (Å²) < 4.78 is 24.0. The Morgan fingerprint density at radius 1 is 1.09 bits per heavy atom. The standard InChI is InChI=1S/C16H23NO5S/c1-10(2)15(16(19)20)17-14(18)9-12-5-7-13(8-6-12)23(21,22)11(3)4/h5-8,10-11,15H,9H2,1-4H3,(H,17,18)(H,19,20)/t15-/m0/s1. The highest BCUT2D eigenvalue weighted by molar-refractivity contribution is 7.92. The maximum Gasteiger partial charge on any atom is 0.326 e. The molecule has 0 heterocycles. The lowest BCUT2D eigenvalue weighted by Crippen LogP contribution is -2.44. The van der Waals surface area contributed by atoms with Gasteiger partial charge in [0.05, 0.1) is 16.6 Å². The van der Waals surface area contributed by atoms with E-state index >= 15 is 0 Å². The number of sulfone groups is 1. The largest absolute Gasteiger partial charge is 0.480 e. The average molecular weight is 341 g/mol. The molecule has 0 aliphatic heterocycles. The minimum atomic E-state index is -3.34. The molecular weight excluding hydrogens is 318 g/mol. The van der Waals surface area contributed by atoms with Crippen LogP contribution in [0.3, 0.4) is 0 Å². The van der Waals surface area contributed by atoms with Crippen molar-refractivity contribution in [2.75, 3.05) is 0 Å². The van der Waals surface area contributed by atoms with Crippen molar-refractivity contribution in [2.45, 2.75) is 50.3 Å². The van der Waals surface area contributed by atoms with Crippen LogP contribution in [-0.4, -0.2) is 36.7 Å². The highest BCUT2D eigenvalue weighted by Gasteiger charge is 2.23. The molecule has 0 fully saturated rings. The first-order valence-electron chi connectivity index (χ1n) is 7.40. The van der Waals surface area contributed by atoms with Crippen LogP contribution in [0.1, 0.15) is 33.3 Å². The van der Waals surface area contributed by atoms with Crippen molar-refractivity contribution < 1.29 is 23.1 Å². The molecule has 0 saturated carbocycles. The van der Waals surface area contributed by atoms with Gasteiger partial charge in [-0.2, -0.15) is 0 Å². The molecule has 1 aromatic rings. The average Bonchev–Trinajstić information content (AvgIpc) is 2.44. The maximum absolute atomic E-state index is 12.0. The summed E-state index contributed by atoms with van der Waals surface area (Å²) in [6.07, 6.45) is -0.00148. The Balaban J connectivity index is 2.79. The molecule has 0 aromatic heterocycles. The van der Waals surface area contributed by atoms with Crippen molar-refractivity contribution >= 4 is 21.7 Å². The Hall–Kier alpha value is -1.89. The van der Waals surface area contributed by atoms with Gasteiger partial charge in [0.1, 0.15) is 6.04 Å². The van der Waals surface area contributed by atoms with E-state index in [1.54, 1.807) is 39.8 Å². The van der Waals surface area contributed by atoms with Gasteiger partial charge in [0, 0.05) is 0 Å². The van der Waals surface area contributed by atoms with Gasteiger partial charge in [-0.15, -0.1) is 0 Å². The van der Waals surface area contributed by atoms with Gasteiger partial charge in [0.25, 0.3) is 0 Å². The Morgan fingerprint density at radius 3 is 2.00 bits per heavy atom. The second kappa shape index (κ2) is 7.59. The molecule has 7 heteroatoms. The number of nitrogens with one attached hydrogen (secondary N) is 1. The first-order chi connectivity index (χ1) is 10.6. The Labute approximate surface area is 136 Å². The predicted octanol–water partition coefficient (Wildman–Crippen LogP) is 1.64. The normalized spacial score (nSPS) is 13.1. The van der Waals surface area contributed by atoms with Crippen molar-refractivity contribution in [3.8, 4) is 0 Å². The van der Waals surface area contributed by atoms with E-state index in [4.69, 9.17) is 5.11 Å². The summed E-state index contributed by atoms with van der Waals surface area (Å²) in [4.78, 5) is 23.2. The topological polar surface area (TPSA) is 101 Å². The van der Waals surface area contributed by atoms with Crippen LogP contribution in [0.4, 0.5) is 0 Å². The zero-order valence-electron chi connectivity index (χ0n) is 13.7. The molecule has 0 aliphatic carbocycles. The molecule has 0 spiro atoms. The van der Waals surface area contributed by atoms with Crippen molar-refractivity contribution in [3.63, 3.8) is 0 Å². The minimum absolute atomic E-state index is 0.00148. The van der Waals surface area contributed by atoms with Gasteiger partial charge in [-0.3, -0.25) is 4.79 Å². The first-order valence-corrected chi connectivity index (χ1v) is 8.95. The van der Waals surface area contributed by atoms with E-state index in [1.807, 2.05) is 0 Å². The molecule has 23 heavy (non-hydrogen) atoms. The third-order valence-electron chi connectivity index (χ3n) is 3.49. The molecule has 1 rings (SSSR count). The van der Waals surface area contributed by atoms with Crippen LogP contribution in [0.25, 0.3) is 0 Å². The second-order valence-electron chi connectivity index (χ2n) is 6.04. The van der Waals surface area contributed by atoms with Crippen LogP contribution in [0.15, 0.2) is 29.2 Å². The van der Waals surface area contributed by atoms with Crippen molar-refractivity contribution in [2.24, 2.45) is 5.92 Å². The van der Waals surface area contributed by atoms with Crippen LogP contribution in [-0.2, 0) is 25.8 Å². The molecule has 1 atom stereocenters. The molecule has 0 saturated heterocycles. The third kappa shape index (κ3) is 5.06. The van der Waals surface area contributed by atoms with E-state index in [-0.39, 0.29) is 17.2 Å². The van der Waals surface area contributed by atoms with E-state index in [2.05, 4.69) is 5.32 Å². The summed E-state index contributed by atoms with van der Waals surface area (Å²) in [5, 5.41) is 11.0. The fourth-order valence-corrected chi connectivity index (χ4v) is 3.05. The Morgan fingerprint density at radius 2 is 1.61 bits per heavy atom. The molecule has 2 N–H and O–H groups in total. The van der Waals surface area contributed by atoms with Gasteiger partial charge in [-0.25, -0.2) is 13.2 Å². The molecule has 1 amide bonds. The molecule has 128 valence electrons. The van der Waals surface area contributed by atoms with Crippen molar-refractivity contribution in [1.82, 2.24) is 5.32 Å². The summed E-state index contributed by atoms with van der Waals surface area (Å²) in [6.45, 7) is 6.64. The molecule has 6 nitrogen and oxygen atoms in total. The second-order valence-corrected chi connectivity index (χ2v) is 8.55. The maximum atomic E-state index is 12.0. The molecule has 0 bridgehead atoms. The number of amides is 1. The third-order valence-corrected chi connectivity index (χ3v) is 5.66. The highest BCUT2D eigenvalue weighted by Crippen LogP contribution is 2.16. The summed E-state index contributed by atoms with van der Waals surface area (Å²) in [7, 11) is -3.34. The van der Waals surface area contributed by atoms with E-state index < -0.39 is 33.0 Å². The van der Waals surface area contributed by atoms with Gasteiger partial charge in [0.15, 0.2) is 9.84 Å². The number of carbonyl (C=O) groups excluding carboxylic acids is 1. The van der Waals surface area contributed by atoms with Gasteiger partial charge in [-0.05, 0) is 37.5 Å². The van der Waals surface area contributed by atoms with Crippen LogP contribution < -0.4 is 5.32 Å². The van der Waals surface area contributed by atoms with Gasteiger partial charge in [0.2, 0.25) is 5.91 Å². The number of hydrogen-bond donors (Lipinski definition) is 2. The van der Waals surface area contributed by atoms with Crippen molar-refractivity contribution in [3.05, 3.63) is 29.8 Å². The van der Waals surface area contributed by atoms with Gasteiger partial charge >= 0.3 is 5.97 Å². The zero-order valence-corrected chi connectivity index (χ0v) is 14.6. The summed E-state index contributed by atoms with van der Waals surface area (Å²) in [6, 6.07) is 5.13. The summed E-state index contributed by atoms with van der Waals surface area (Å²) in [5.41, 5.74) is 0.623. The first kappa shape index (κ1) is 19.2. The van der Waals surface area contributed by atoms with E-state index in [0.717, 1.165) is 0 Å². The van der Waals surface area contributed by atoms with Crippen LogP contribution in [0.5, 0.6) is 0 Å². The van der Waals surface area contributed by atoms with Gasteiger partial charge in [-0.1, -0.05) is 26.0 Å². The number of carboxylic acids is 1. The van der Waals surface area contributed by atoms with Gasteiger partial charge < -0.3 is 10.4 Å². The van der Waals surface area contributed by atoms with Crippen molar-refractivity contribution in [1.29, 1.82) is 0 Å². The molecular formula is C16H23NO5S.